The highest BCUT2D eigenvalue weighted by atomic mass is 32.1. The summed E-state index contributed by atoms with van der Waals surface area (Å²) in [7, 11) is 0. The van der Waals surface area contributed by atoms with E-state index >= 15 is 0 Å². The smallest absolute Gasteiger partial charge is 0.262 e. The predicted octanol–water partition coefficient (Wildman–Crippen LogP) is 3.11. The first kappa shape index (κ1) is 17.7. The summed E-state index contributed by atoms with van der Waals surface area (Å²) in [4.78, 5) is 30.7. The largest absolute Gasteiger partial charge is 0.352 e. The highest BCUT2D eigenvalue weighted by molar-refractivity contribution is 7.18. The van der Waals surface area contributed by atoms with Crippen LogP contribution >= 0.6 is 11.3 Å². The summed E-state index contributed by atoms with van der Waals surface area (Å²) in [6.45, 7) is 6.24. The molecule has 2 aromatic heterocycles. The predicted molar refractivity (Wildman–Crippen MR) is 95.0 cm³/mol. The summed E-state index contributed by atoms with van der Waals surface area (Å²) in [5.41, 5.74) is -0.139. The summed E-state index contributed by atoms with van der Waals surface area (Å²) < 4.78 is 1.39. The molecule has 0 aliphatic rings. The minimum atomic E-state index is -0.139. The molecule has 0 saturated carbocycles. The van der Waals surface area contributed by atoms with Gasteiger partial charge < -0.3 is 5.32 Å². The SMILES string of the molecule is CCCCCC(C)NC(=O)Cn1cnc2sc(CC)cc2c1=O. The summed E-state index contributed by atoms with van der Waals surface area (Å²) in [6, 6.07) is 2.02. The van der Waals surface area contributed by atoms with Crippen molar-refractivity contribution in [1.29, 1.82) is 0 Å². The molecule has 0 saturated heterocycles. The third kappa shape index (κ3) is 4.64. The van der Waals surface area contributed by atoms with Crippen LogP contribution in [0.25, 0.3) is 10.2 Å². The molecule has 2 rings (SSSR count). The Labute approximate surface area is 140 Å². The molecule has 0 aliphatic heterocycles. The van der Waals surface area contributed by atoms with Crippen molar-refractivity contribution in [1.82, 2.24) is 14.9 Å². The molecule has 5 nitrogen and oxygen atoms in total. The highest BCUT2D eigenvalue weighted by Crippen LogP contribution is 2.20. The Balaban J connectivity index is 2.02. The number of carbonyl (C=O) groups excluding carboxylic acids is 1. The van der Waals surface area contributed by atoms with Crippen LogP contribution in [0.2, 0.25) is 0 Å². The van der Waals surface area contributed by atoms with Gasteiger partial charge in [-0.15, -0.1) is 11.3 Å². The van der Waals surface area contributed by atoms with E-state index in [-0.39, 0.29) is 24.1 Å². The molecule has 0 radical (unpaired) electrons. The van der Waals surface area contributed by atoms with Crippen LogP contribution in [0, 0.1) is 0 Å². The van der Waals surface area contributed by atoms with Crippen LogP contribution in [0.4, 0.5) is 0 Å². The van der Waals surface area contributed by atoms with Gasteiger partial charge in [-0.3, -0.25) is 14.2 Å². The Morgan fingerprint density at radius 2 is 2.17 bits per heavy atom. The maximum Gasteiger partial charge on any atom is 0.262 e. The summed E-state index contributed by atoms with van der Waals surface area (Å²) >= 11 is 1.54. The fraction of sp³-hybridized carbons (Fsp3) is 0.588. The number of nitrogens with one attached hydrogen (secondary N) is 1. The second-order valence-corrected chi connectivity index (χ2v) is 7.04. The lowest BCUT2D eigenvalue weighted by Gasteiger charge is -2.14. The van der Waals surface area contributed by atoms with Crippen molar-refractivity contribution in [3.8, 4) is 0 Å². The second-order valence-electron chi connectivity index (χ2n) is 5.93. The summed E-state index contributed by atoms with van der Waals surface area (Å²) in [5, 5.41) is 3.56. The first-order chi connectivity index (χ1) is 11.0. The molecule has 0 aromatic carbocycles. The van der Waals surface area contributed by atoms with Crippen LogP contribution in [-0.2, 0) is 17.8 Å². The number of thiophene rings is 1. The average molecular weight is 335 g/mol. The van der Waals surface area contributed by atoms with Crippen LogP contribution in [0.5, 0.6) is 0 Å². The van der Waals surface area contributed by atoms with E-state index in [1.807, 2.05) is 13.0 Å². The molecule has 1 atom stereocenters. The number of hydrogen-bond acceptors (Lipinski definition) is 4. The van der Waals surface area contributed by atoms with Gasteiger partial charge in [0.25, 0.3) is 5.56 Å². The van der Waals surface area contributed by atoms with Gasteiger partial charge in [0.2, 0.25) is 5.91 Å². The lowest BCUT2D eigenvalue weighted by molar-refractivity contribution is -0.122. The maximum atomic E-state index is 12.4. The van der Waals surface area contributed by atoms with Crippen LogP contribution in [-0.4, -0.2) is 21.5 Å². The van der Waals surface area contributed by atoms with Crippen molar-refractivity contribution in [3.05, 3.63) is 27.6 Å². The van der Waals surface area contributed by atoms with Gasteiger partial charge in [-0.05, 0) is 25.8 Å². The van der Waals surface area contributed by atoms with E-state index in [1.54, 1.807) is 0 Å². The van der Waals surface area contributed by atoms with Crippen LogP contribution < -0.4 is 10.9 Å². The summed E-state index contributed by atoms with van der Waals surface area (Å²) in [5.74, 6) is -0.136. The second kappa shape index (κ2) is 8.24. The molecule has 23 heavy (non-hydrogen) atoms. The molecule has 0 bridgehead atoms. The summed E-state index contributed by atoms with van der Waals surface area (Å²) in [6.07, 6.45) is 6.79. The molecular formula is C17H25N3O2S. The van der Waals surface area contributed by atoms with Gasteiger partial charge in [-0.25, -0.2) is 4.98 Å². The number of aromatic nitrogens is 2. The van der Waals surface area contributed by atoms with Crippen molar-refractivity contribution >= 4 is 27.5 Å². The van der Waals surface area contributed by atoms with Crippen LogP contribution in [0.1, 0.15) is 51.3 Å². The van der Waals surface area contributed by atoms with Crippen molar-refractivity contribution in [2.45, 2.75) is 65.5 Å². The molecule has 0 spiro atoms. The van der Waals surface area contributed by atoms with E-state index in [9.17, 15) is 9.59 Å². The van der Waals surface area contributed by atoms with E-state index in [0.29, 0.717) is 5.39 Å². The molecule has 2 aromatic rings. The minimum absolute atomic E-state index is 0.0250. The average Bonchev–Trinajstić information content (AvgIpc) is 2.94. The lowest BCUT2D eigenvalue weighted by Crippen LogP contribution is -2.37. The maximum absolute atomic E-state index is 12.4. The highest BCUT2D eigenvalue weighted by Gasteiger charge is 2.12. The molecule has 1 N–H and O–H groups in total. The number of rotatable bonds is 8. The molecule has 6 heteroatoms. The topological polar surface area (TPSA) is 64.0 Å². The van der Waals surface area contributed by atoms with E-state index in [0.717, 1.165) is 29.0 Å². The number of hydrogen-bond donors (Lipinski definition) is 1. The van der Waals surface area contributed by atoms with E-state index < -0.39 is 0 Å². The number of carbonyl (C=O) groups is 1. The fourth-order valence-corrected chi connectivity index (χ4v) is 3.47. The van der Waals surface area contributed by atoms with Crippen molar-refractivity contribution < 1.29 is 4.79 Å². The normalized spacial score (nSPS) is 12.5. The molecule has 1 unspecified atom stereocenters. The van der Waals surface area contributed by atoms with E-state index in [2.05, 4.69) is 24.1 Å². The van der Waals surface area contributed by atoms with Gasteiger partial charge in [0.1, 0.15) is 11.4 Å². The molecule has 0 aliphatic carbocycles. The van der Waals surface area contributed by atoms with Gasteiger partial charge >= 0.3 is 0 Å². The number of aryl methyl sites for hydroxylation is 1. The Bertz CT molecular complexity index is 720. The van der Waals surface area contributed by atoms with Crippen molar-refractivity contribution in [2.75, 3.05) is 0 Å². The molecular weight excluding hydrogens is 310 g/mol. The van der Waals surface area contributed by atoms with Crippen molar-refractivity contribution in [3.63, 3.8) is 0 Å². The van der Waals surface area contributed by atoms with Gasteiger partial charge in [0, 0.05) is 10.9 Å². The Morgan fingerprint density at radius 3 is 2.87 bits per heavy atom. The minimum Gasteiger partial charge on any atom is -0.352 e. The zero-order valence-electron chi connectivity index (χ0n) is 14.1. The zero-order chi connectivity index (χ0) is 16.8. The molecule has 1 amide bonds. The third-order valence-corrected chi connectivity index (χ3v) is 5.07. The van der Waals surface area contributed by atoms with Gasteiger partial charge in [-0.1, -0.05) is 33.1 Å². The van der Waals surface area contributed by atoms with Crippen LogP contribution in [0.3, 0.4) is 0 Å². The monoisotopic (exact) mass is 335 g/mol. The molecule has 0 fully saturated rings. The zero-order valence-corrected chi connectivity index (χ0v) is 14.9. The van der Waals surface area contributed by atoms with E-state index in [4.69, 9.17) is 0 Å². The molecule has 126 valence electrons. The van der Waals surface area contributed by atoms with Gasteiger partial charge in [0.15, 0.2) is 0 Å². The first-order valence-corrected chi connectivity index (χ1v) is 9.14. The number of amides is 1. The lowest BCUT2D eigenvalue weighted by atomic mass is 10.1. The number of unbranched alkanes of at least 4 members (excludes halogenated alkanes) is 2. The van der Waals surface area contributed by atoms with Gasteiger partial charge in [0.05, 0.1) is 11.7 Å². The standard InChI is InChI=1S/C17H25N3O2S/c1-4-6-7-8-12(3)19-15(21)10-20-11-18-16-14(17(20)22)9-13(5-2)23-16/h9,11-12H,4-8,10H2,1-3H3,(H,19,21). The van der Waals surface area contributed by atoms with Crippen LogP contribution in [0.15, 0.2) is 17.2 Å². The first-order valence-electron chi connectivity index (χ1n) is 8.32. The Hall–Kier alpha value is -1.69. The van der Waals surface area contributed by atoms with Gasteiger partial charge in [-0.2, -0.15) is 0 Å². The number of nitrogens with zero attached hydrogens (tertiary/aromatic N) is 2. The molecule has 2 heterocycles. The quantitative estimate of drug-likeness (QED) is 0.754. The van der Waals surface area contributed by atoms with E-state index in [1.165, 1.54) is 35.1 Å². The fourth-order valence-electron chi connectivity index (χ4n) is 2.54. The third-order valence-electron chi connectivity index (χ3n) is 3.88. The Kier molecular flexibility index (Phi) is 6.33. The number of fused-ring (bicyclic) bond motifs is 1. The Morgan fingerprint density at radius 1 is 1.39 bits per heavy atom. The van der Waals surface area contributed by atoms with Crippen molar-refractivity contribution in [2.24, 2.45) is 0 Å².